The van der Waals surface area contributed by atoms with Crippen LogP contribution in [-0.2, 0) is 9.47 Å². The molecule has 2 aliphatic heterocycles. The van der Waals surface area contributed by atoms with Crippen LogP contribution in [0.2, 0.25) is 0 Å². The van der Waals surface area contributed by atoms with E-state index in [4.69, 9.17) is 9.47 Å². The molecule has 6 nitrogen and oxygen atoms in total. The number of nitrogens with zero attached hydrogens (tertiary/aromatic N) is 1. The Morgan fingerprint density at radius 1 is 1.16 bits per heavy atom. The number of nitro groups is 1. The third kappa shape index (κ3) is 3.12. The summed E-state index contributed by atoms with van der Waals surface area (Å²) in [4.78, 5) is 23.1. The minimum absolute atomic E-state index is 0.0114. The third-order valence-electron chi connectivity index (χ3n) is 9.18. The molecule has 0 radical (unpaired) electrons. The van der Waals surface area contributed by atoms with E-state index in [2.05, 4.69) is 20.8 Å². The molecule has 1 aromatic carbocycles. The minimum Gasteiger partial charge on any atom is -0.459 e. The van der Waals surface area contributed by atoms with Gasteiger partial charge in [-0.3, -0.25) is 10.1 Å². The average molecular weight is 428 g/mol. The zero-order valence-electron chi connectivity index (χ0n) is 18.7. The van der Waals surface area contributed by atoms with Crippen molar-refractivity contribution in [2.45, 2.75) is 83.5 Å². The Morgan fingerprint density at radius 3 is 2.58 bits per heavy atom. The van der Waals surface area contributed by atoms with Gasteiger partial charge in [0.25, 0.3) is 5.69 Å². The third-order valence-corrected chi connectivity index (χ3v) is 9.18. The Kier molecular flexibility index (Phi) is 4.92. The number of carbonyl (C=O) groups is 1. The van der Waals surface area contributed by atoms with E-state index < -0.39 is 4.92 Å². The number of rotatable bonds is 4. The monoisotopic (exact) mass is 427 g/mol. The van der Waals surface area contributed by atoms with Gasteiger partial charge in [-0.05, 0) is 80.8 Å². The molecule has 2 saturated heterocycles. The summed E-state index contributed by atoms with van der Waals surface area (Å²) >= 11 is 0. The van der Waals surface area contributed by atoms with Crippen LogP contribution in [0.15, 0.2) is 24.3 Å². The molecule has 0 aromatic heterocycles. The molecule has 2 heterocycles. The molecule has 1 spiro atoms. The second-order valence-electron chi connectivity index (χ2n) is 10.9. The Morgan fingerprint density at radius 2 is 1.90 bits per heavy atom. The number of hydrogen-bond acceptors (Lipinski definition) is 5. The van der Waals surface area contributed by atoms with Crippen molar-refractivity contribution >= 4 is 11.7 Å². The van der Waals surface area contributed by atoms with Gasteiger partial charge in [0.15, 0.2) is 0 Å². The molecule has 5 rings (SSSR count). The molecule has 2 bridgehead atoms. The van der Waals surface area contributed by atoms with Crippen LogP contribution in [0.3, 0.4) is 0 Å². The molecule has 0 unspecified atom stereocenters. The molecule has 31 heavy (non-hydrogen) atoms. The van der Waals surface area contributed by atoms with Gasteiger partial charge in [-0.25, -0.2) is 4.79 Å². The topological polar surface area (TPSA) is 78.7 Å². The molecule has 4 fully saturated rings. The number of hydrogen-bond donors (Lipinski definition) is 0. The zero-order chi connectivity index (χ0) is 22.0. The van der Waals surface area contributed by atoms with E-state index in [1.54, 1.807) is 0 Å². The van der Waals surface area contributed by atoms with Gasteiger partial charge in [0.05, 0.1) is 22.2 Å². The Hall–Kier alpha value is -1.95. The molecule has 1 aromatic rings. The first-order valence-corrected chi connectivity index (χ1v) is 11.9. The van der Waals surface area contributed by atoms with Crippen LogP contribution in [0, 0.1) is 39.2 Å². The predicted octanol–water partition coefficient (Wildman–Crippen LogP) is 5.54. The number of esters is 1. The van der Waals surface area contributed by atoms with Gasteiger partial charge in [0.2, 0.25) is 0 Å². The van der Waals surface area contributed by atoms with Gasteiger partial charge in [0, 0.05) is 17.5 Å². The van der Waals surface area contributed by atoms with Crippen molar-refractivity contribution in [2.24, 2.45) is 29.1 Å². The second-order valence-corrected chi connectivity index (χ2v) is 10.9. The van der Waals surface area contributed by atoms with Crippen molar-refractivity contribution in [3.05, 3.63) is 39.9 Å². The van der Waals surface area contributed by atoms with Crippen LogP contribution in [-0.4, -0.2) is 28.7 Å². The summed E-state index contributed by atoms with van der Waals surface area (Å²) < 4.78 is 12.8. The largest absolute Gasteiger partial charge is 0.459 e. The highest BCUT2D eigenvalue weighted by Crippen LogP contribution is 2.68. The summed E-state index contributed by atoms with van der Waals surface area (Å²) in [6.45, 7) is 7.14. The smallest absolute Gasteiger partial charge is 0.338 e. The molecule has 6 heteroatoms. The first-order valence-electron chi connectivity index (χ1n) is 11.9. The fraction of sp³-hybridized carbons (Fsp3) is 0.720. The standard InChI is InChI=1S/C25H33NO5/c1-15(2)21-9-10-24(3)22-14-20(13-17(22)12-19-8-11-25(21,24)31-19)30-23(27)16-4-6-18(7-5-16)26(28)29/h4-7,15,17,19-22H,8-14H2,1-3H3/t17-,19+,20-,21-,22+,24-,25+/m0/s1. The maximum Gasteiger partial charge on any atom is 0.338 e. The van der Waals surface area contributed by atoms with E-state index in [9.17, 15) is 14.9 Å². The number of benzene rings is 1. The second kappa shape index (κ2) is 7.29. The molecule has 2 aliphatic carbocycles. The van der Waals surface area contributed by atoms with Crippen LogP contribution in [0.1, 0.15) is 76.1 Å². The number of carbonyl (C=O) groups excluding carboxylic acids is 1. The Labute approximate surface area is 183 Å². The summed E-state index contributed by atoms with van der Waals surface area (Å²) in [5.74, 6) is 1.92. The van der Waals surface area contributed by atoms with E-state index in [0.29, 0.717) is 35.3 Å². The fourth-order valence-corrected chi connectivity index (χ4v) is 7.83. The van der Waals surface area contributed by atoms with Crippen LogP contribution >= 0.6 is 0 Å². The van der Waals surface area contributed by atoms with Gasteiger partial charge in [-0.15, -0.1) is 0 Å². The first-order chi connectivity index (χ1) is 14.7. The summed E-state index contributed by atoms with van der Waals surface area (Å²) in [5, 5.41) is 10.9. The van der Waals surface area contributed by atoms with Gasteiger partial charge >= 0.3 is 5.97 Å². The Balaban J connectivity index is 1.34. The van der Waals surface area contributed by atoms with Gasteiger partial charge in [0.1, 0.15) is 6.10 Å². The highest BCUT2D eigenvalue weighted by Gasteiger charge is 2.68. The molecule has 0 N–H and O–H groups in total. The molecule has 168 valence electrons. The highest BCUT2D eigenvalue weighted by atomic mass is 16.6. The summed E-state index contributed by atoms with van der Waals surface area (Å²) in [6, 6.07) is 5.70. The number of non-ortho nitro benzene ring substituents is 1. The van der Waals surface area contributed by atoms with E-state index in [1.165, 1.54) is 43.5 Å². The van der Waals surface area contributed by atoms with Crippen molar-refractivity contribution in [3.63, 3.8) is 0 Å². The van der Waals surface area contributed by atoms with Crippen molar-refractivity contribution in [1.82, 2.24) is 0 Å². The molecule has 7 atom stereocenters. The lowest BCUT2D eigenvalue weighted by molar-refractivity contribution is -0.384. The lowest BCUT2D eigenvalue weighted by Crippen LogP contribution is -2.51. The molecule has 4 aliphatic rings. The van der Waals surface area contributed by atoms with Gasteiger partial charge in [-0.1, -0.05) is 20.8 Å². The minimum atomic E-state index is -0.460. The SMILES string of the molecule is CC(C)[C@@H]1CC[C@@]2(C)[C@@H]3C[C@@H](OC(=O)c4ccc([N+](=O)[O-])cc4)C[C@@H]3C[C@H]3CC[C@@]12O3. The average Bonchev–Trinajstić information content (AvgIpc) is 3.39. The lowest BCUT2D eigenvalue weighted by Gasteiger charge is -2.48. The number of nitro benzene ring substituents is 1. The van der Waals surface area contributed by atoms with Crippen LogP contribution in [0.4, 0.5) is 5.69 Å². The highest BCUT2D eigenvalue weighted by molar-refractivity contribution is 5.89. The van der Waals surface area contributed by atoms with E-state index >= 15 is 0 Å². The first kappa shape index (κ1) is 20.9. The molecular weight excluding hydrogens is 394 g/mol. The maximum atomic E-state index is 12.7. The summed E-state index contributed by atoms with van der Waals surface area (Å²) in [7, 11) is 0. The predicted molar refractivity (Wildman–Crippen MR) is 116 cm³/mol. The Bertz CT molecular complexity index is 882. The van der Waals surface area contributed by atoms with Crippen LogP contribution < -0.4 is 0 Å². The van der Waals surface area contributed by atoms with Gasteiger partial charge in [-0.2, -0.15) is 0 Å². The summed E-state index contributed by atoms with van der Waals surface area (Å²) in [6.07, 6.45) is 7.93. The number of fused-ring (bicyclic) bond motifs is 3. The van der Waals surface area contributed by atoms with Crippen molar-refractivity contribution < 1.29 is 19.2 Å². The maximum absolute atomic E-state index is 12.7. The molecule has 2 saturated carbocycles. The van der Waals surface area contributed by atoms with Crippen molar-refractivity contribution in [1.29, 1.82) is 0 Å². The van der Waals surface area contributed by atoms with Gasteiger partial charge < -0.3 is 9.47 Å². The van der Waals surface area contributed by atoms with Crippen molar-refractivity contribution in [3.8, 4) is 0 Å². The lowest BCUT2D eigenvalue weighted by atomic mass is 9.59. The zero-order valence-corrected chi connectivity index (χ0v) is 18.7. The van der Waals surface area contributed by atoms with Crippen LogP contribution in [0.5, 0.6) is 0 Å². The number of ether oxygens (including phenoxy) is 2. The summed E-state index contributed by atoms with van der Waals surface area (Å²) in [5.41, 5.74) is 0.494. The fourth-order valence-electron chi connectivity index (χ4n) is 7.83. The van der Waals surface area contributed by atoms with E-state index in [0.717, 1.165) is 25.7 Å². The van der Waals surface area contributed by atoms with Crippen molar-refractivity contribution in [2.75, 3.05) is 0 Å². The normalized spacial score (nSPS) is 41.0. The molecular formula is C25H33NO5. The van der Waals surface area contributed by atoms with Crippen LogP contribution in [0.25, 0.3) is 0 Å². The van der Waals surface area contributed by atoms with E-state index in [-0.39, 0.29) is 28.8 Å². The van der Waals surface area contributed by atoms with E-state index in [1.807, 2.05) is 0 Å². The molecule has 0 amide bonds. The quantitative estimate of drug-likeness (QED) is 0.358.